The molecule has 0 bridgehead atoms. The third kappa shape index (κ3) is 7.51. The summed E-state index contributed by atoms with van der Waals surface area (Å²) in [6.45, 7) is 0. The van der Waals surface area contributed by atoms with Crippen molar-refractivity contribution in [3.8, 4) is 10.4 Å². The van der Waals surface area contributed by atoms with Crippen LogP contribution in [0.25, 0.3) is 10.4 Å². The van der Waals surface area contributed by atoms with Crippen LogP contribution in [0.1, 0.15) is 22.2 Å². The van der Waals surface area contributed by atoms with Crippen molar-refractivity contribution >= 4 is 33.5 Å². The number of carbonyl (C=O) groups excluding carboxylic acids is 2. The maximum Gasteiger partial charge on any atom is 0.407 e. The molecule has 0 saturated carbocycles. The Morgan fingerprint density at radius 1 is 0.900 bits per heavy atom. The lowest BCUT2D eigenvalue weighted by atomic mass is 10.0. The number of benzene rings is 3. The van der Waals surface area contributed by atoms with E-state index in [0.717, 1.165) is 21.6 Å². The second kappa shape index (κ2) is 13.3. The zero-order valence-electron chi connectivity index (χ0n) is 21.5. The molecule has 12 heteroatoms. The van der Waals surface area contributed by atoms with Gasteiger partial charge >= 0.3 is 16.2 Å². The minimum Gasteiger partial charge on any atom is -0.453 e. The summed E-state index contributed by atoms with van der Waals surface area (Å²) in [7, 11) is -2.82. The summed E-state index contributed by atoms with van der Waals surface area (Å²) in [6.07, 6.45) is 1.56. The highest BCUT2D eigenvalue weighted by molar-refractivity contribution is 7.86. The quantitative estimate of drug-likeness (QED) is 0.227. The third-order valence-corrected chi connectivity index (χ3v) is 8.31. The molecule has 2 amide bonds. The Hall–Kier alpha value is -4.10. The predicted octanol–water partition coefficient (Wildman–Crippen LogP) is 3.76. The third-order valence-electron chi connectivity index (χ3n) is 6.05. The Morgan fingerprint density at radius 3 is 2.15 bits per heavy atom. The molecule has 0 unspecified atom stereocenters. The molecule has 0 aliphatic rings. The smallest absolute Gasteiger partial charge is 0.407 e. The standard InChI is InChI=1S/C28H28N4O6S2/c1-37-28(34)32-23(16-19-8-4-2-5-9-19)26(33)31-24(17-20-12-14-22(15-13-20)40(35,36)38-29)27-30-18-25(39-27)21-10-6-3-7-11-21/h2-15,18,23-24H,16-17,29H2,1H3,(H,31,33)(H,32,34)/t23-,24-/m0/s1. The number of nitrogens with zero attached hydrogens (tertiary/aromatic N) is 1. The van der Waals surface area contributed by atoms with Gasteiger partial charge in [-0.2, -0.15) is 18.6 Å². The van der Waals surface area contributed by atoms with E-state index in [4.69, 9.17) is 10.6 Å². The lowest BCUT2D eigenvalue weighted by Crippen LogP contribution is -2.49. The lowest BCUT2D eigenvalue weighted by Gasteiger charge is -2.22. The molecule has 40 heavy (non-hydrogen) atoms. The van der Waals surface area contributed by atoms with Crippen LogP contribution in [0.2, 0.25) is 0 Å². The molecule has 2 atom stereocenters. The van der Waals surface area contributed by atoms with E-state index in [1.807, 2.05) is 60.7 Å². The Kier molecular flexibility index (Phi) is 9.61. The van der Waals surface area contributed by atoms with Gasteiger partial charge in [-0.05, 0) is 35.2 Å². The molecule has 0 aliphatic heterocycles. The normalized spacial score (nSPS) is 12.8. The van der Waals surface area contributed by atoms with Gasteiger partial charge in [0.1, 0.15) is 11.0 Å². The number of thiazole rings is 1. The molecule has 10 nitrogen and oxygen atoms in total. The van der Waals surface area contributed by atoms with E-state index in [1.54, 1.807) is 18.3 Å². The maximum absolute atomic E-state index is 13.6. The average molecular weight is 581 g/mol. The van der Waals surface area contributed by atoms with Crippen LogP contribution in [0, 0.1) is 0 Å². The van der Waals surface area contributed by atoms with Gasteiger partial charge in [0.25, 0.3) is 0 Å². The number of amides is 2. The zero-order chi connectivity index (χ0) is 28.5. The van der Waals surface area contributed by atoms with Crippen molar-refractivity contribution in [3.63, 3.8) is 0 Å². The maximum atomic E-state index is 13.6. The van der Waals surface area contributed by atoms with Crippen molar-refractivity contribution in [1.29, 1.82) is 0 Å². The number of hydrogen-bond acceptors (Lipinski definition) is 9. The molecular formula is C28H28N4O6S2. The van der Waals surface area contributed by atoms with Gasteiger partial charge in [-0.15, -0.1) is 11.3 Å². The van der Waals surface area contributed by atoms with Crippen LogP contribution in [0.4, 0.5) is 4.79 Å². The van der Waals surface area contributed by atoms with Crippen LogP contribution in [0.3, 0.4) is 0 Å². The second-order valence-corrected chi connectivity index (χ2v) is 11.4. The molecule has 1 heterocycles. The van der Waals surface area contributed by atoms with Crippen molar-refractivity contribution in [3.05, 3.63) is 107 Å². The summed E-state index contributed by atoms with van der Waals surface area (Å²) in [5.41, 5.74) is 2.58. The Morgan fingerprint density at radius 2 is 1.52 bits per heavy atom. The summed E-state index contributed by atoms with van der Waals surface area (Å²) in [4.78, 5) is 31.1. The largest absolute Gasteiger partial charge is 0.453 e. The number of nitrogens with two attached hydrogens (primary N) is 1. The van der Waals surface area contributed by atoms with E-state index in [0.29, 0.717) is 11.4 Å². The van der Waals surface area contributed by atoms with Crippen molar-refractivity contribution in [2.24, 2.45) is 5.90 Å². The van der Waals surface area contributed by atoms with Crippen LogP contribution in [0.15, 0.2) is 96.0 Å². The van der Waals surface area contributed by atoms with Gasteiger partial charge in [0.15, 0.2) is 0 Å². The first kappa shape index (κ1) is 28.9. The number of aromatic nitrogens is 1. The molecule has 0 aliphatic carbocycles. The summed E-state index contributed by atoms with van der Waals surface area (Å²) >= 11 is 1.43. The summed E-state index contributed by atoms with van der Waals surface area (Å²) in [5.74, 6) is 4.46. The van der Waals surface area contributed by atoms with E-state index >= 15 is 0 Å². The molecule has 0 radical (unpaired) electrons. The van der Waals surface area contributed by atoms with Crippen LogP contribution in [-0.2, 0) is 36.8 Å². The fourth-order valence-electron chi connectivity index (χ4n) is 4.00. The SMILES string of the molecule is COC(=O)N[C@@H](Cc1ccccc1)C(=O)N[C@@H](Cc1ccc(S(=O)(=O)ON)cc1)c1ncc(-c2ccccc2)s1. The number of rotatable bonds is 11. The number of methoxy groups -OCH3 is 1. The first-order chi connectivity index (χ1) is 19.3. The van der Waals surface area contributed by atoms with Crippen molar-refractivity contribution < 1.29 is 27.0 Å². The highest BCUT2D eigenvalue weighted by Crippen LogP contribution is 2.31. The van der Waals surface area contributed by atoms with Gasteiger partial charge in [-0.3, -0.25) is 4.79 Å². The Balaban J connectivity index is 1.62. The molecule has 1 aromatic heterocycles. The highest BCUT2D eigenvalue weighted by atomic mass is 32.2. The van der Waals surface area contributed by atoms with Gasteiger partial charge < -0.3 is 15.4 Å². The Labute approximate surface area is 236 Å². The van der Waals surface area contributed by atoms with Gasteiger partial charge in [0, 0.05) is 12.6 Å². The topological polar surface area (TPSA) is 150 Å². The molecule has 4 N–H and O–H groups in total. The van der Waals surface area contributed by atoms with E-state index < -0.39 is 34.2 Å². The van der Waals surface area contributed by atoms with E-state index in [1.165, 1.54) is 30.6 Å². The average Bonchev–Trinajstić information content (AvgIpc) is 3.48. The van der Waals surface area contributed by atoms with Crippen LogP contribution in [-0.4, -0.2) is 38.6 Å². The second-order valence-electron chi connectivity index (χ2n) is 8.77. The summed E-state index contributed by atoms with van der Waals surface area (Å²) in [5, 5.41) is 6.29. The molecule has 0 spiro atoms. The molecule has 0 saturated heterocycles. The molecule has 4 aromatic rings. The van der Waals surface area contributed by atoms with E-state index in [9.17, 15) is 18.0 Å². The van der Waals surface area contributed by atoms with E-state index in [-0.39, 0.29) is 11.3 Å². The van der Waals surface area contributed by atoms with Crippen molar-refractivity contribution in [2.75, 3.05) is 7.11 Å². The molecule has 0 fully saturated rings. The Bertz CT molecular complexity index is 1530. The first-order valence-electron chi connectivity index (χ1n) is 12.2. The number of carbonyl (C=O) groups is 2. The van der Waals surface area contributed by atoms with Crippen LogP contribution >= 0.6 is 11.3 Å². The van der Waals surface area contributed by atoms with Gasteiger partial charge in [0.2, 0.25) is 5.91 Å². The molecule has 4 rings (SSSR count). The number of hydrogen-bond donors (Lipinski definition) is 3. The van der Waals surface area contributed by atoms with Crippen molar-refractivity contribution in [2.45, 2.75) is 29.8 Å². The first-order valence-corrected chi connectivity index (χ1v) is 14.4. The van der Waals surface area contributed by atoms with Gasteiger partial charge in [-0.25, -0.2) is 9.78 Å². The van der Waals surface area contributed by atoms with E-state index in [2.05, 4.69) is 19.9 Å². The van der Waals surface area contributed by atoms with Crippen molar-refractivity contribution in [1.82, 2.24) is 15.6 Å². The predicted molar refractivity (Wildman–Crippen MR) is 151 cm³/mol. The summed E-state index contributed by atoms with van der Waals surface area (Å²) in [6, 6.07) is 23.5. The molecule has 3 aromatic carbocycles. The molecule has 208 valence electrons. The molecular weight excluding hydrogens is 552 g/mol. The lowest BCUT2D eigenvalue weighted by molar-refractivity contribution is -0.123. The highest BCUT2D eigenvalue weighted by Gasteiger charge is 2.27. The van der Waals surface area contributed by atoms with Gasteiger partial charge in [0.05, 0.1) is 22.9 Å². The zero-order valence-corrected chi connectivity index (χ0v) is 23.2. The minimum absolute atomic E-state index is 0.0925. The fourth-order valence-corrected chi connectivity index (χ4v) is 5.56. The van der Waals surface area contributed by atoms with Crippen LogP contribution < -0.4 is 16.5 Å². The number of ether oxygens (including phenoxy) is 1. The fraction of sp³-hybridized carbons (Fsp3) is 0.179. The van der Waals surface area contributed by atoms with Gasteiger partial charge in [-0.1, -0.05) is 72.8 Å². The number of alkyl carbamates (subject to hydrolysis) is 1. The monoisotopic (exact) mass is 580 g/mol. The minimum atomic E-state index is -4.05. The number of nitrogens with one attached hydrogen (secondary N) is 2. The van der Waals surface area contributed by atoms with Crippen LogP contribution in [0.5, 0.6) is 0 Å². The summed E-state index contributed by atoms with van der Waals surface area (Å²) < 4.78 is 32.7.